The van der Waals surface area contributed by atoms with Crippen LogP contribution in [0.1, 0.15) is 30.8 Å². The van der Waals surface area contributed by atoms with Crippen LogP contribution in [-0.2, 0) is 4.79 Å². The molecule has 1 fully saturated rings. The first-order chi connectivity index (χ1) is 14.4. The molecule has 3 rings (SSSR count). The molecule has 0 bridgehead atoms. The summed E-state index contributed by atoms with van der Waals surface area (Å²) < 4.78 is 0. The van der Waals surface area contributed by atoms with Gasteiger partial charge in [-0.2, -0.15) is 0 Å². The molecule has 9 heteroatoms. The quantitative estimate of drug-likeness (QED) is 0.645. The smallest absolute Gasteiger partial charge is 0.273 e. The van der Waals surface area contributed by atoms with Crippen molar-refractivity contribution in [3.05, 3.63) is 40.4 Å². The summed E-state index contributed by atoms with van der Waals surface area (Å²) in [5, 5.41) is 9.26. The predicted molar refractivity (Wildman–Crippen MR) is 122 cm³/mol. The van der Waals surface area contributed by atoms with Crippen molar-refractivity contribution in [2.45, 2.75) is 20.3 Å². The van der Waals surface area contributed by atoms with Gasteiger partial charge in [-0.3, -0.25) is 14.5 Å². The number of nitrogens with zero attached hydrogens (tertiary/aromatic N) is 3. The molecule has 30 heavy (non-hydrogen) atoms. The highest BCUT2D eigenvalue weighted by Gasteiger charge is 2.24. The lowest BCUT2D eigenvalue weighted by Crippen LogP contribution is -2.51. The summed E-state index contributed by atoms with van der Waals surface area (Å²) in [6, 6.07) is 7.33. The molecule has 2 heterocycles. The van der Waals surface area contributed by atoms with Crippen LogP contribution in [0.25, 0.3) is 0 Å². The Morgan fingerprint density at radius 1 is 1.17 bits per heavy atom. The molecule has 1 aromatic carbocycles. The molecule has 0 unspecified atom stereocenters. The van der Waals surface area contributed by atoms with Gasteiger partial charge in [0.25, 0.3) is 5.91 Å². The van der Waals surface area contributed by atoms with E-state index >= 15 is 0 Å². The SMILES string of the molecule is CC(C)CCNC(=O)CN1CCN(C(=O)c2csc(Nc3ccc(Cl)cc3)n2)CC1. The van der Waals surface area contributed by atoms with Crippen molar-refractivity contribution >= 4 is 45.6 Å². The second-order valence-electron chi connectivity index (χ2n) is 7.77. The topological polar surface area (TPSA) is 77.6 Å². The normalized spacial score (nSPS) is 14.7. The molecule has 1 aliphatic heterocycles. The molecule has 0 saturated carbocycles. The molecule has 1 aliphatic rings. The number of hydrogen-bond acceptors (Lipinski definition) is 6. The van der Waals surface area contributed by atoms with Crippen molar-refractivity contribution in [2.24, 2.45) is 5.92 Å². The van der Waals surface area contributed by atoms with Gasteiger partial charge in [-0.05, 0) is 36.6 Å². The average Bonchev–Trinajstić information content (AvgIpc) is 3.18. The Kier molecular flexibility index (Phi) is 8.07. The minimum absolute atomic E-state index is 0.0489. The van der Waals surface area contributed by atoms with E-state index in [1.54, 1.807) is 22.4 Å². The number of thiazole rings is 1. The highest BCUT2D eigenvalue weighted by molar-refractivity contribution is 7.14. The number of piperazine rings is 1. The van der Waals surface area contributed by atoms with E-state index in [-0.39, 0.29) is 11.8 Å². The maximum absolute atomic E-state index is 12.8. The third kappa shape index (κ3) is 6.68. The number of rotatable bonds is 8. The van der Waals surface area contributed by atoms with E-state index in [9.17, 15) is 9.59 Å². The number of amides is 2. The molecular formula is C21H28ClN5O2S. The van der Waals surface area contributed by atoms with Crippen molar-refractivity contribution in [3.8, 4) is 0 Å². The number of carbonyl (C=O) groups is 2. The van der Waals surface area contributed by atoms with Gasteiger partial charge in [-0.1, -0.05) is 25.4 Å². The average molecular weight is 450 g/mol. The maximum Gasteiger partial charge on any atom is 0.273 e. The Labute approximate surface area is 186 Å². The van der Waals surface area contributed by atoms with E-state index in [1.807, 2.05) is 12.1 Å². The summed E-state index contributed by atoms with van der Waals surface area (Å²) in [5.74, 6) is 0.553. The lowest BCUT2D eigenvalue weighted by molar-refractivity contribution is -0.122. The lowest BCUT2D eigenvalue weighted by atomic mass is 10.1. The summed E-state index contributed by atoms with van der Waals surface area (Å²) >= 11 is 7.29. The first-order valence-corrected chi connectivity index (χ1v) is 11.4. The van der Waals surface area contributed by atoms with Crippen LogP contribution in [0.2, 0.25) is 5.02 Å². The highest BCUT2D eigenvalue weighted by atomic mass is 35.5. The van der Waals surface area contributed by atoms with E-state index in [2.05, 4.69) is 34.4 Å². The lowest BCUT2D eigenvalue weighted by Gasteiger charge is -2.34. The summed E-state index contributed by atoms with van der Waals surface area (Å²) in [6.07, 6.45) is 0.983. The summed E-state index contributed by atoms with van der Waals surface area (Å²) in [7, 11) is 0. The minimum atomic E-state index is -0.0727. The Hall–Kier alpha value is -2.16. The third-order valence-corrected chi connectivity index (χ3v) is 5.90. The van der Waals surface area contributed by atoms with Gasteiger partial charge in [0.05, 0.1) is 6.54 Å². The molecule has 0 atom stereocenters. The van der Waals surface area contributed by atoms with Crippen LogP contribution in [0.3, 0.4) is 0 Å². The summed E-state index contributed by atoms with van der Waals surface area (Å²) in [5.41, 5.74) is 1.31. The highest BCUT2D eigenvalue weighted by Crippen LogP contribution is 2.23. The van der Waals surface area contributed by atoms with Gasteiger partial charge in [-0.15, -0.1) is 11.3 Å². The molecule has 162 valence electrons. The molecule has 0 radical (unpaired) electrons. The van der Waals surface area contributed by atoms with Gasteiger partial charge in [-0.25, -0.2) is 4.98 Å². The van der Waals surface area contributed by atoms with Crippen LogP contribution in [0.5, 0.6) is 0 Å². The van der Waals surface area contributed by atoms with E-state index in [0.29, 0.717) is 61.0 Å². The second-order valence-corrected chi connectivity index (χ2v) is 9.07. The first kappa shape index (κ1) is 22.5. The van der Waals surface area contributed by atoms with Crippen LogP contribution in [0.15, 0.2) is 29.6 Å². The number of benzene rings is 1. The summed E-state index contributed by atoms with van der Waals surface area (Å²) in [4.78, 5) is 33.1. The molecular weight excluding hydrogens is 422 g/mol. The number of anilines is 2. The third-order valence-electron chi connectivity index (χ3n) is 4.89. The standard InChI is InChI=1S/C21H28ClN5O2S/c1-15(2)7-8-23-19(28)13-26-9-11-27(12-10-26)20(29)18-14-30-21(25-18)24-17-5-3-16(22)4-6-17/h3-6,14-15H,7-13H2,1-2H3,(H,23,28)(H,24,25). The van der Waals surface area contributed by atoms with Gasteiger partial charge in [0, 0.05) is 48.8 Å². The Morgan fingerprint density at radius 3 is 2.53 bits per heavy atom. The second kappa shape index (κ2) is 10.7. The molecule has 2 aromatic rings. The van der Waals surface area contributed by atoms with Crippen molar-refractivity contribution in [1.82, 2.24) is 20.1 Å². The monoisotopic (exact) mass is 449 g/mol. The van der Waals surface area contributed by atoms with Crippen molar-refractivity contribution in [1.29, 1.82) is 0 Å². The zero-order valence-corrected chi connectivity index (χ0v) is 18.9. The van der Waals surface area contributed by atoms with Crippen LogP contribution in [0, 0.1) is 5.92 Å². The minimum Gasteiger partial charge on any atom is -0.355 e. The zero-order chi connectivity index (χ0) is 21.5. The summed E-state index contributed by atoms with van der Waals surface area (Å²) in [6.45, 7) is 7.93. The molecule has 2 amide bonds. The van der Waals surface area contributed by atoms with E-state index in [1.165, 1.54) is 11.3 Å². The van der Waals surface area contributed by atoms with E-state index in [4.69, 9.17) is 11.6 Å². The predicted octanol–water partition coefficient (Wildman–Crippen LogP) is 3.46. The Balaban J connectivity index is 1.44. The Bertz CT molecular complexity index is 847. The molecule has 1 aromatic heterocycles. The van der Waals surface area contributed by atoms with Crippen molar-refractivity contribution in [3.63, 3.8) is 0 Å². The van der Waals surface area contributed by atoms with Gasteiger partial charge >= 0.3 is 0 Å². The number of halogens is 1. The van der Waals surface area contributed by atoms with Gasteiger partial charge in [0.2, 0.25) is 5.91 Å². The number of nitrogens with one attached hydrogen (secondary N) is 2. The number of hydrogen-bond donors (Lipinski definition) is 2. The fourth-order valence-electron chi connectivity index (χ4n) is 3.12. The molecule has 2 N–H and O–H groups in total. The van der Waals surface area contributed by atoms with Crippen LogP contribution in [-0.4, -0.2) is 65.9 Å². The van der Waals surface area contributed by atoms with Crippen LogP contribution < -0.4 is 10.6 Å². The van der Waals surface area contributed by atoms with Gasteiger partial charge in [0.1, 0.15) is 5.69 Å². The van der Waals surface area contributed by atoms with Gasteiger partial charge in [0.15, 0.2) is 5.13 Å². The van der Waals surface area contributed by atoms with Crippen LogP contribution >= 0.6 is 22.9 Å². The van der Waals surface area contributed by atoms with Gasteiger partial charge < -0.3 is 15.5 Å². The number of carbonyl (C=O) groups excluding carboxylic acids is 2. The number of aromatic nitrogens is 1. The maximum atomic E-state index is 12.8. The molecule has 1 saturated heterocycles. The van der Waals surface area contributed by atoms with E-state index in [0.717, 1.165) is 12.1 Å². The Morgan fingerprint density at radius 2 is 1.87 bits per heavy atom. The van der Waals surface area contributed by atoms with Crippen molar-refractivity contribution < 1.29 is 9.59 Å². The molecule has 0 spiro atoms. The van der Waals surface area contributed by atoms with E-state index < -0.39 is 0 Å². The molecule has 0 aliphatic carbocycles. The van der Waals surface area contributed by atoms with Crippen LogP contribution in [0.4, 0.5) is 10.8 Å². The fraction of sp³-hybridized carbons (Fsp3) is 0.476. The van der Waals surface area contributed by atoms with Crippen molar-refractivity contribution in [2.75, 3.05) is 44.6 Å². The molecule has 7 nitrogen and oxygen atoms in total. The first-order valence-electron chi connectivity index (χ1n) is 10.2. The zero-order valence-electron chi connectivity index (χ0n) is 17.4. The largest absolute Gasteiger partial charge is 0.355 e. The fourth-order valence-corrected chi connectivity index (χ4v) is 3.95.